The van der Waals surface area contributed by atoms with Gasteiger partial charge in [0.2, 0.25) is 0 Å². The van der Waals surface area contributed by atoms with Gasteiger partial charge in [0.05, 0.1) is 24.2 Å². The number of imidazole rings is 1. The van der Waals surface area contributed by atoms with Crippen LogP contribution in [0.2, 0.25) is 0 Å². The summed E-state index contributed by atoms with van der Waals surface area (Å²) in [4.78, 5) is 9.44. The number of pyridine rings is 1. The molecule has 0 bridgehead atoms. The summed E-state index contributed by atoms with van der Waals surface area (Å²) in [5, 5.41) is 4.68. The number of anilines is 1. The van der Waals surface area contributed by atoms with Gasteiger partial charge in [-0.05, 0) is 62.9 Å². The van der Waals surface area contributed by atoms with Crippen molar-refractivity contribution in [3.05, 3.63) is 59.9 Å². The number of nitrogens with one attached hydrogen (secondary N) is 1. The van der Waals surface area contributed by atoms with Gasteiger partial charge in [0.1, 0.15) is 22.7 Å². The zero-order valence-electron chi connectivity index (χ0n) is 22.5. The standard InChI is InChI=1S/C30H39N5O3/c1-3-37-21-30(14-7-15-30)38-23-10-6-9-22(19-23)20-32-16-8-17-35-26(13-18-36-2)34-27-28(35)24-11-4-5-12-25(24)33-29(27)31/h4-6,9-12,19,32H,3,7-8,13-18,20-21H2,1-2H3,(H2,31,33). The van der Waals surface area contributed by atoms with Crippen molar-refractivity contribution in [2.45, 2.75) is 57.7 Å². The molecule has 8 heteroatoms. The lowest BCUT2D eigenvalue weighted by atomic mass is 9.80. The Labute approximate surface area is 224 Å². The lowest BCUT2D eigenvalue weighted by molar-refractivity contribution is -0.0741. The quantitative estimate of drug-likeness (QED) is 0.230. The van der Waals surface area contributed by atoms with Gasteiger partial charge in [-0.1, -0.05) is 30.3 Å². The van der Waals surface area contributed by atoms with Gasteiger partial charge in [0, 0.05) is 38.6 Å². The van der Waals surface area contributed by atoms with Crippen LogP contribution in [0.3, 0.4) is 0 Å². The Morgan fingerprint density at radius 1 is 1.11 bits per heavy atom. The minimum Gasteiger partial charge on any atom is -0.485 e. The molecule has 0 aliphatic heterocycles. The molecule has 0 saturated heterocycles. The maximum atomic E-state index is 6.40. The van der Waals surface area contributed by atoms with E-state index in [1.165, 1.54) is 12.0 Å². The molecule has 2 aromatic heterocycles. The Morgan fingerprint density at radius 3 is 2.76 bits per heavy atom. The maximum absolute atomic E-state index is 6.40. The Bertz CT molecular complexity index is 1370. The number of methoxy groups -OCH3 is 1. The van der Waals surface area contributed by atoms with Gasteiger partial charge in [0.25, 0.3) is 0 Å². The van der Waals surface area contributed by atoms with E-state index < -0.39 is 0 Å². The van der Waals surface area contributed by atoms with Crippen molar-refractivity contribution in [3.8, 4) is 5.75 Å². The molecule has 2 heterocycles. The summed E-state index contributed by atoms with van der Waals surface area (Å²) in [5.41, 5.74) is 10.1. The van der Waals surface area contributed by atoms with Gasteiger partial charge >= 0.3 is 0 Å². The van der Waals surface area contributed by atoms with E-state index >= 15 is 0 Å². The largest absolute Gasteiger partial charge is 0.485 e. The van der Waals surface area contributed by atoms with E-state index in [9.17, 15) is 0 Å². The van der Waals surface area contributed by atoms with E-state index in [2.05, 4.69) is 39.1 Å². The number of hydrogen-bond acceptors (Lipinski definition) is 7. The Morgan fingerprint density at radius 2 is 1.97 bits per heavy atom. The van der Waals surface area contributed by atoms with Gasteiger partial charge in [-0.15, -0.1) is 0 Å². The van der Waals surface area contributed by atoms with Gasteiger partial charge in [0.15, 0.2) is 5.82 Å². The molecule has 0 unspecified atom stereocenters. The van der Waals surface area contributed by atoms with E-state index in [0.717, 1.165) is 85.4 Å². The highest BCUT2D eigenvalue weighted by Gasteiger charge is 2.39. The van der Waals surface area contributed by atoms with E-state index in [4.69, 9.17) is 24.9 Å². The lowest BCUT2D eigenvalue weighted by Crippen LogP contribution is -2.47. The molecular weight excluding hydrogens is 478 g/mol. The molecule has 202 valence electrons. The summed E-state index contributed by atoms with van der Waals surface area (Å²) in [6.45, 7) is 6.52. The molecule has 0 radical (unpaired) electrons. The molecule has 0 amide bonds. The number of rotatable bonds is 14. The highest BCUT2D eigenvalue weighted by Crippen LogP contribution is 2.37. The van der Waals surface area contributed by atoms with Crippen LogP contribution < -0.4 is 15.8 Å². The third-order valence-corrected chi connectivity index (χ3v) is 7.35. The van der Waals surface area contributed by atoms with Crippen LogP contribution >= 0.6 is 0 Å². The molecule has 4 aromatic rings. The predicted octanol–water partition coefficient (Wildman–Crippen LogP) is 4.87. The van der Waals surface area contributed by atoms with Gasteiger partial charge in [-0.25, -0.2) is 9.97 Å². The van der Waals surface area contributed by atoms with E-state index in [1.54, 1.807) is 7.11 Å². The fourth-order valence-corrected chi connectivity index (χ4v) is 5.23. The first kappa shape index (κ1) is 26.4. The number of benzene rings is 2. The number of ether oxygens (including phenoxy) is 3. The Hall–Kier alpha value is -3.20. The van der Waals surface area contributed by atoms with Crippen LogP contribution in [0.4, 0.5) is 5.82 Å². The first-order valence-corrected chi connectivity index (χ1v) is 13.7. The molecule has 5 rings (SSSR count). The summed E-state index contributed by atoms with van der Waals surface area (Å²) < 4.78 is 19.7. The van der Waals surface area contributed by atoms with Crippen molar-refractivity contribution in [1.82, 2.24) is 19.9 Å². The van der Waals surface area contributed by atoms with Gasteiger partial charge in [-0.2, -0.15) is 0 Å². The molecular formula is C30H39N5O3. The number of nitrogens with two attached hydrogens (primary N) is 1. The average molecular weight is 518 g/mol. The topological polar surface area (TPSA) is 96.5 Å². The molecule has 1 saturated carbocycles. The Balaban J connectivity index is 1.23. The van der Waals surface area contributed by atoms with Crippen LogP contribution in [0.15, 0.2) is 48.5 Å². The summed E-state index contributed by atoms with van der Waals surface area (Å²) >= 11 is 0. The van der Waals surface area contributed by atoms with Crippen molar-refractivity contribution < 1.29 is 14.2 Å². The molecule has 1 aliphatic carbocycles. The second-order valence-electron chi connectivity index (χ2n) is 10.1. The summed E-state index contributed by atoms with van der Waals surface area (Å²) in [7, 11) is 1.72. The fourth-order valence-electron chi connectivity index (χ4n) is 5.23. The van der Waals surface area contributed by atoms with Crippen molar-refractivity contribution in [2.24, 2.45) is 0 Å². The second kappa shape index (κ2) is 12.1. The maximum Gasteiger partial charge on any atom is 0.152 e. The smallest absolute Gasteiger partial charge is 0.152 e. The summed E-state index contributed by atoms with van der Waals surface area (Å²) in [6, 6.07) is 16.5. The molecule has 1 aliphatic rings. The number of nitrogen functional groups attached to an aromatic ring is 1. The van der Waals surface area contributed by atoms with Crippen LogP contribution in [0.1, 0.15) is 44.0 Å². The van der Waals surface area contributed by atoms with Crippen LogP contribution in [-0.4, -0.2) is 53.6 Å². The molecule has 38 heavy (non-hydrogen) atoms. The zero-order chi connectivity index (χ0) is 26.4. The molecule has 1 fully saturated rings. The molecule has 0 spiro atoms. The number of aromatic nitrogens is 3. The van der Waals surface area contributed by atoms with E-state index in [0.29, 0.717) is 19.0 Å². The molecule has 0 atom stereocenters. The predicted molar refractivity (Wildman–Crippen MR) is 151 cm³/mol. The number of hydrogen-bond donors (Lipinski definition) is 2. The van der Waals surface area contributed by atoms with Crippen molar-refractivity contribution >= 4 is 27.8 Å². The number of nitrogens with zero attached hydrogens (tertiary/aromatic N) is 3. The van der Waals surface area contributed by atoms with Crippen LogP contribution in [0, 0.1) is 0 Å². The van der Waals surface area contributed by atoms with Crippen LogP contribution in [-0.2, 0) is 29.0 Å². The Kier molecular flexibility index (Phi) is 8.42. The van der Waals surface area contributed by atoms with Crippen molar-refractivity contribution in [3.63, 3.8) is 0 Å². The first-order chi connectivity index (χ1) is 18.6. The molecule has 3 N–H and O–H groups in total. The van der Waals surface area contributed by atoms with Crippen molar-refractivity contribution in [1.29, 1.82) is 0 Å². The van der Waals surface area contributed by atoms with Crippen LogP contribution in [0.5, 0.6) is 5.75 Å². The lowest BCUT2D eigenvalue weighted by Gasteiger charge is -2.41. The van der Waals surface area contributed by atoms with E-state index in [1.807, 2.05) is 31.2 Å². The fraction of sp³-hybridized carbons (Fsp3) is 0.467. The van der Waals surface area contributed by atoms with E-state index in [-0.39, 0.29) is 5.60 Å². The minimum atomic E-state index is -0.154. The number of aryl methyl sites for hydroxylation is 1. The third kappa shape index (κ3) is 5.77. The average Bonchev–Trinajstić information content (AvgIpc) is 3.28. The van der Waals surface area contributed by atoms with Gasteiger partial charge < -0.3 is 29.8 Å². The highest BCUT2D eigenvalue weighted by molar-refractivity contribution is 6.06. The first-order valence-electron chi connectivity index (χ1n) is 13.7. The zero-order valence-corrected chi connectivity index (χ0v) is 22.5. The third-order valence-electron chi connectivity index (χ3n) is 7.35. The normalized spacial score (nSPS) is 14.7. The number of fused-ring (bicyclic) bond motifs is 3. The monoisotopic (exact) mass is 517 g/mol. The molecule has 8 nitrogen and oxygen atoms in total. The van der Waals surface area contributed by atoms with Crippen LogP contribution in [0.25, 0.3) is 21.9 Å². The highest BCUT2D eigenvalue weighted by atomic mass is 16.5. The minimum absolute atomic E-state index is 0.154. The SMILES string of the molecule is CCOCC1(Oc2cccc(CNCCCn3c(CCOC)nc4c(N)nc5ccccc5c43)c2)CCC1. The summed E-state index contributed by atoms with van der Waals surface area (Å²) in [5.74, 6) is 2.38. The summed E-state index contributed by atoms with van der Waals surface area (Å²) in [6.07, 6.45) is 5.00. The van der Waals surface area contributed by atoms with Crippen molar-refractivity contribution in [2.75, 3.05) is 39.2 Å². The number of para-hydroxylation sites is 1. The van der Waals surface area contributed by atoms with Gasteiger partial charge in [-0.3, -0.25) is 0 Å². The molecule has 2 aromatic carbocycles. The second-order valence-corrected chi connectivity index (χ2v) is 10.1.